The number of amidine groups is 1. The van der Waals surface area contributed by atoms with Crippen LogP contribution < -0.4 is 5.73 Å². The lowest BCUT2D eigenvalue weighted by Crippen LogP contribution is -2.26. The highest BCUT2D eigenvalue weighted by Crippen LogP contribution is 2.36. The van der Waals surface area contributed by atoms with Crippen molar-refractivity contribution in [3.63, 3.8) is 0 Å². The Balaban J connectivity index is 2.93. The van der Waals surface area contributed by atoms with Crippen LogP contribution in [0, 0.1) is 22.7 Å². The van der Waals surface area contributed by atoms with E-state index in [0.29, 0.717) is 5.92 Å². The van der Waals surface area contributed by atoms with Crippen LogP contribution in [0.5, 0.6) is 0 Å². The smallest absolute Gasteiger partial charge is 0.0979 e. The summed E-state index contributed by atoms with van der Waals surface area (Å²) >= 11 is 0. The van der Waals surface area contributed by atoms with Gasteiger partial charge in [0.15, 0.2) is 0 Å². The maximum absolute atomic E-state index is 7.42. The minimum absolute atomic E-state index is 0.0398. The van der Waals surface area contributed by atoms with E-state index >= 15 is 0 Å². The van der Waals surface area contributed by atoms with E-state index in [1.54, 1.807) is 0 Å². The van der Waals surface area contributed by atoms with Gasteiger partial charge in [-0.15, -0.1) is 0 Å². The van der Waals surface area contributed by atoms with Crippen LogP contribution in [0.15, 0.2) is 23.8 Å². The molecule has 0 spiro atoms. The molecule has 0 aliphatic heterocycles. The Kier molecular flexibility index (Phi) is 2.84. The van der Waals surface area contributed by atoms with Crippen molar-refractivity contribution in [3.8, 4) is 0 Å². The molecule has 0 heterocycles. The quantitative estimate of drug-likeness (QED) is 0.513. The molecule has 3 N–H and O–H groups in total. The summed E-state index contributed by atoms with van der Waals surface area (Å²) in [6.07, 6.45) is 6.54. The van der Waals surface area contributed by atoms with Crippen molar-refractivity contribution < 1.29 is 0 Å². The van der Waals surface area contributed by atoms with Crippen molar-refractivity contribution in [3.05, 3.63) is 23.8 Å². The second-order valence-electron chi connectivity index (χ2n) is 4.79. The highest BCUT2D eigenvalue weighted by Gasteiger charge is 2.26. The van der Waals surface area contributed by atoms with Crippen LogP contribution in [-0.2, 0) is 0 Å². The zero-order valence-electron chi connectivity index (χ0n) is 9.46. The van der Waals surface area contributed by atoms with Crippen LogP contribution in [0.1, 0.15) is 27.7 Å². The van der Waals surface area contributed by atoms with E-state index in [9.17, 15) is 0 Å². The lowest BCUT2D eigenvalue weighted by atomic mass is 9.73. The van der Waals surface area contributed by atoms with Gasteiger partial charge in [0.25, 0.3) is 0 Å². The van der Waals surface area contributed by atoms with Crippen molar-refractivity contribution >= 4 is 5.84 Å². The number of allylic oxidation sites excluding steroid dienone is 3. The maximum Gasteiger partial charge on any atom is 0.0979 e. The highest BCUT2D eigenvalue weighted by atomic mass is 14.7. The molecule has 0 aromatic rings. The first-order chi connectivity index (χ1) is 6.34. The average Bonchev–Trinajstić information content (AvgIpc) is 2.08. The fraction of sp³-hybridized carbons (Fsp3) is 0.583. The third kappa shape index (κ3) is 2.06. The highest BCUT2D eigenvalue weighted by molar-refractivity contribution is 5.82. The summed E-state index contributed by atoms with van der Waals surface area (Å²) in [5.41, 5.74) is 6.84. The van der Waals surface area contributed by atoms with Gasteiger partial charge in [0, 0.05) is 5.92 Å². The molecule has 0 amide bonds. The fourth-order valence-corrected chi connectivity index (χ4v) is 1.56. The monoisotopic (exact) mass is 192 g/mol. The van der Waals surface area contributed by atoms with Gasteiger partial charge in [-0.05, 0) is 16.9 Å². The zero-order chi connectivity index (χ0) is 10.9. The molecule has 14 heavy (non-hydrogen) atoms. The first-order valence-corrected chi connectivity index (χ1v) is 5.09. The van der Waals surface area contributed by atoms with Crippen LogP contribution in [0.3, 0.4) is 0 Å². The van der Waals surface area contributed by atoms with E-state index in [1.807, 2.05) is 6.92 Å². The van der Waals surface area contributed by atoms with Crippen LogP contribution >= 0.6 is 0 Å². The van der Waals surface area contributed by atoms with Gasteiger partial charge >= 0.3 is 0 Å². The van der Waals surface area contributed by atoms with Gasteiger partial charge in [0.2, 0.25) is 0 Å². The van der Waals surface area contributed by atoms with E-state index in [4.69, 9.17) is 11.1 Å². The molecule has 0 fully saturated rings. The molecular weight excluding hydrogens is 172 g/mol. The van der Waals surface area contributed by atoms with Gasteiger partial charge in [-0.3, -0.25) is 5.41 Å². The van der Waals surface area contributed by atoms with Gasteiger partial charge in [-0.25, -0.2) is 0 Å². The van der Waals surface area contributed by atoms with Gasteiger partial charge in [0.1, 0.15) is 0 Å². The van der Waals surface area contributed by atoms with Crippen LogP contribution in [0.25, 0.3) is 0 Å². The predicted molar refractivity (Wildman–Crippen MR) is 61.2 cm³/mol. The maximum atomic E-state index is 7.42. The Morgan fingerprint density at radius 2 is 2.14 bits per heavy atom. The van der Waals surface area contributed by atoms with E-state index in [2.05, 4.69) is 39.0 Å². The fourth-order valence-electron chi connectivity index (χ4n) is 1.56. The molecule has 0 saturated heterocycles. The number of hydrogen-bond donors (Lipinski definition) is 2. The third-order valence-electron chi connectivity index (χ3n) is 3.26. The van der Waals surface area contributed by atoms with Gasteiger partial charge in [-0.1, -0.05) is 45.9 Å². The second-order valence-corrected chi connectivity index (χ2v) is 4.79. The predicted octanol–water partition coefficient (Wildman–Crippen LogP) is 2.72. The summed E-state index contributed by atoms with van der Waals surface area (Å²) in [6.45, 7) is 8.62. The summed E-state index contributed by atoms with van der Waals surface area (Å²) in [5, 5.41) is 7.42. The van der Waals surface area contributed by atoms with Crippen molar-refractivity contribution in [2.75, 3.05) is 0 Å². The topological polar surface area (TPSA) is 49.9 Å². The lowest BCUT2D eigenvalue weighted by molar-refractivity contribution is 0.359. The standard InChI is InChI=1S/C12H20N2/c1-8-5-6-10(7-12(8,3)4)9(2)11(13)14/h5-9H,1-4H3,(H3,13,14). The molecule has 78 valence electrons. The van der Waals surface area contributed by atoms with E-state index < -0.39 is 0 Å². The Hall–Kier alpha value is -1.05. The molecule has 1 rings (SSSR count). The summed E-state index contributed by atoms with van der Waals surface area (Å²) in [4.78, 5) is 0. The number of hydrogen-bond acceptors (Lipinski definition) is 1. The Labute approximate surface area is 86.4 Å². The average molecular weight is 192 g/mol. The Morgan fingerprint density at radius 1 is 1.57 bits per heavy atom. The SMILES string of the molecule is CC(C(=N)N)C1=CC(C)(C)C(C)C=C1. The second kappa shape index (κ2) is 3.60. The summed E-state index contributed by atoms with van der Waals surface area (Å²) < 4.78 is 0. The van der Waals surface area contributed by atoms with Crippen LogP contribution in [0.4, 0.5) is 0 Å². The van der Waals surface area contributed by atoms with E-state index in [-0.39, 0.29) is 17.2 Å². The van der Waals surface area contributed by atoms with E-state index in [0.717, 1.165) is 0 Å². The lowest BCUT2D eigenvalue weighted by Gasteiger charge is -2.31. The van der Waals surface area contributed by atoms with Crippen molar-refractivity contribution in [1.29, 1.82) is 5.41 Å². The molecule has 0 bridgehead atoms. The largest absolute Gasteiger partial charge is 0.387 e. The minimum Gasteiger partial charge on any atom is -0.387 e. The molecule has 0 radical (unpaired) electrons. The van der Waals surface area contributed by atoms with Crippen molar-refractivity contribution in [2.45, 2.75) is 27.7 Å². The molecule has 2 unspecified atom stereocenters. The van der Waals surface area contributed by atoms with Crippen LogP contribution in [-0.4, -0.2) is 5.84 Å². The summed E-state index contributed by atoms with van der Waals surface area (Å²) in [6, 6.07) is 0. The molecule has 2 atom stereocenters. The number of nitrogens with two attached hydrogens (primary N) is 1. The van der Waals surface area contributed by atoms with Gasteiger partial charge in [-0.2, -0.15) is 0 Å². The van der Waals surface area contributed by atoms with Crippen molar-refractivity contribution in [1.82, 2.24) is 0 Å². The minimum atomic E-state index is 0.0398. The Bertz CT molecular complexity index is 297. The first kappa shape index (κ1) is 11.0. The number of nitrogens with one attached hydrogen (secondary N) is 1. The van der Waals surface area contributed by atoms with Crippen molar-refractivity contribution in [2.24, 2.45) is 23.0 Å². The molecular formula is C12H20N2. The number of rotatable bonds is 2. The summed E-state index contributed by atoms with van der Waals surface area (Å²) in [7, 11) is 0. The zero-order valence-corrected chi connectivity index (χ0v) is 9.46. The van der Waals surface area contributed by atoms with Gasteiger partial charge < -0.3 is 5.73 Å². The molecule has 2 nitrogen and oxygen atoms in total. The first-order valence-electron chi connectivity index (χ1n) is 5.09. The van der Waals surface area contributed by atoms with Gasteiger partial charge in [0.05, 0.1) is 5.84 Å². The normalized spacial score (nSPS) is 26.9. The molecule has 0 saturated carbocycles. The molecule has 1 aliphatic rings. The molecule has 1 aliphatic carbocycles. The van der Waals surface area contributed by atoms with Crippen LogP contribution in [0.2, 0.25) is 0 Å². The molecule has 0 aromatic carbocycles. The molecule has 2 heteroatoms. The molecule has 0 aromatic heterocycles. The Morgan fingerprint density at radius 3 is 2.57 bits per heavy atom. The summed E-state index contributed by atoms with van der Waals surface area (Å²) in [5.74, 6) is 0.828. The third-order valence-corrected chi connectivity index (χ3v) is 3.26. The van der Waals surface area contributed by atoms with E-state index in [1.165, 1.54) is 5.57 Å².